The van der Waals surface area contributed by atoms with E-state index in [9.17, 15) is 4.79 Å². The van der Waals surface area contributed by atoms with E-state index in [-0.39, 0.29) is 25.0 Å². The highest BCUT2D eigenvalue weighted by molar-refractivity contribution is 5.91. The molecular weight excluding hydrogens is 272 g/mol. The minimum absolute atomic E-state index is 0.110. The van der Waals surface area contributed by atoms with E-state index < -0.39 is 0 Å². The number of aromatic nitrogens is 2. The van der Waals surface area contributed by atoms with Crippen LogP contribution in [0.15, 0.2) is 28.8 Å². The molecule has 0 radical (unpaired) electrons. The predicted molar refractivity (Wildman–Crippen MR) is 76.7 cm³/mol. The molecule has 1 unspecified atom stereocenters. The summed E-state index contributed by atoms with van der Waals surface area (Å²) in [7, 11) is 0. The monoisotopic (exact) mass is 290 g/mol. The van der Waals surface area contributed by atoms with Crippen molar-refractivity contribution in [3.63, 3.8) is 0 Å². The number of hydrogen-bond donors (Lipinski definition) is 2. The van der Waals surface area contributed by atoms with Crippen LogP contribution in [0.5, 0.6) is 5.75 Å². The number of aryl methyl sites for hydroxylation is 1. The predicted octanol–water partition coefficient (Wildman–Crippen LogP) is 1.63. The number of ether oxygens (including phenoxy) is 1. The molecule has 0 bridgehead atoms. The molecule has 1 aromatic heterocycles. The Morgan fingerprint density at radius 2 is 2.14 bits per heavy atom. The number of amides is 1. The van der Waals surface area contributed by atoms with Gasteiger partial charge in [0.25, 0.3) is 0 Å². The minimum atomic E-state index is -0.161. The van der Waals surface area contributed by atoms with Crippen LogP contribution in [-0.2, 0) is 11.4 Å². The Bertz CT molecular complexity index is 593. The van der Waals surface area contributed by atoms with Gasteiger partial charge >= 0.3 is 0 Å². The maximum Gasteiger partial charge on any atom is 0.225 e. The van der Waals surface area contributed by atoms with Crippen LogP contribution >= 0.6 is 0 Å². The van der Waals surface area contributed by atoms with Gasteiger partial charge in [-0.05, 0) is 31.2 Å². The molecule has 2 aromatic rings. The zero-order chi connectivity index (χ0) is 15.2. The van der Waals surface area contributed by atoms with Gasteiger partial charge in [-0.1, -0.05) is 5.16 Å². The summed E-state index contributed by atoms with van der Waals surface area (Å²) in [5.74, 6) is 1.53. The summed E-state index contributed by atoms with van der Waals surface area (Å²) in [6.07, 6.45) is 0.287. The molecule has 1 aromatic carbocycles. The summed E-state index contributed by atoms with van der Waals surface area (Å²) in [6.45, 7) is 3.74. The van der Waals surface area contributed by atoms with Gasteiger partial charge in [0.05, 0.1) is 0 Å². The first-order chi connectivity index (χ1) is 10.0. The first kappa shape index (κ1) is 15.0. The number of nitrogens with zero attached hydrogens (tertiary/aromatic N) is 2. The second-order valence-corrected chi connectivity index (χ2v) is 4.77. The van der Waals surface area contributed by atoms with Crippen LogP contribution in [0.25, 0.3) is 0 Å². The summed E-state index contributed by atoms with van der Waals surface area (Å²) in [4.78, 5) is 15.6. The van der Waals surface area contributed by atoms with E-state index in [0.29, 0.717) is 23.2 Å². The quantitative estimate of drug-likeness (QED) is 0.838. The molecule has 0 aliphatic heterocycles. The Kier molecular flexibility index (Phi) is 4.89. The average Bonchev–Trinajstić information content (AvgIpc) is 2.83. The SMILES string of the molecule is Cc1nc(COc2ccc(NC(=O)CC(C)N)cc2)no1. The molecule has 0 saturated heterocycles. The van der Waals surface area contributed by atoms with E-state index in [1.54, 1.807) is 38.1 Å². The fourth-order valence-electron chi connectivity index (χ4n) is 1.69. The molecular formula is C14H18N4O3. The Morgan fingerprint density at radius 3 is 2.71 bits per heavy atom. The Morgan fingerprint density at radius 1 is 1.43 bits per heavy atom. The van der Waals surface area contributed by atoms with E-state index in [0.717, 1.165) is 0 Å². The normalized spacial score (nSPS) is 12.0. The zero-order valence-electron chi connectivity index (χ0n) is 12.0. The lowest BCUT2D eigenvalue weighted by Gasteiger charge is -2.08. The van der Waals surface area contributed by atoms with Crippen LogP contribution in [0.4, 0.5) is 5.69 Å². The smallest absolute Gasteiger partial charge is 0.225 e. The largest absolute Gasteiger partial charge is 0.485 e. The van der Waals surface area contributed by atoms with Crippen molar-refractivity contribution >= 4 is 11.6 Å². The van der Waals surface area contributed by atoms with Crippen molar-refractivity contribution in [1.29, 1.82) is 0 Å². The number of nitrogens with one attached hydrogen (secondary N) is 1. The van der Waals surface area contributed by atoms with Gasteiger partial charge in [-0.3, -0.25) is 4.79 Å². The molecule has 112 valence electrons. The van der Waals surface area contributed by atoms with E-state index in [4.69, 9.17) is 15.0 Å². The Balaban J connectivity index is 1.85. The summed E-state index contributed by atoms with van der Waals surface area (Å²) in [6, 6.07) is 6.88. The number of anilines is 1. The van der Waals surface area contributed by atoms with Gasteiger partial charge in [-0.25, -0.2) is 0 Å². The second kappa shape index (κ2) is 6.85. The molecule has 1 heterocycles. The summed E-state index contributed by atoms with van der Waals surface area (Å²) >= 11 is 0. The van der Waals surface area contributed by atoms with Gasteiger partial charge in [0.1, 0.15) is 5.75 Å². The van der Waals surface area contributed by atoms with Crippen LogP contribution in [-0.4, -0.2) is 22.1 Å². The van der Waals surface area contributed by atoms with E-state index in [1.165, 1.54) is 0 Å². The molecule has 3 N–H and O–H groups in total. The topological polar surface area (TPSA) is 103 Å². The molecule has 2 rings (SSSR count). The molecule has 0 saturated carbocycles. The third kappa shape index (κ3) is 4.88. The summed E-state index contributed by atoms with van der Waals surface area (Å²) in [5, 5.41) is 6.50. The molecule has 1 atom stereocenters. The first-order valence-electron chi connectivity index (χ1n) is 6.60. The van der Waals surface area contributed by atoms with Crippen molar-refractivity contribution in [3.8, 4) is 5.75 Å². The van der Waals surface area contributed by atoms with Gasteiger partial charge in [0.2, 0.25) is 17.6 Å². The highest BCUT2D eigenvalue weighted by atomic mass is 16.5. The molecule has 7 nitrogen and oxygen atoms in total. The van der Waals surface area contributed by atoms with Gasteiger partial charge in [-0.15, -0.1) is 0 Å². The summed E-state index contributed by atoms with van der Waals surface area (Å²) < 4.78 is 10.4. The molecule has 21 heavy (non-hydrogen) atoms. The third-order valence-electron chi connectivity index (χ3n) is 2.58. The van der Waals surface area contributed by atoms with Gasteiger partial charge in [0, 0.05) is 25.1 Å². The Hall–Kier alpha value is -2.41. The molecule has 7 heteroatoms. The second-order valence-electron chi connectivity index (χ2n) is 4.77. The third-order valence-corrected chi connectivity index (χ3v) is 2.58. The maximum atomic E-state index is 11.6. The van der Waals surface area contributed by atoms with Crippen LogP contribution in [0.1, 0.15) is 25.1 Å². The van der Waals surface area contributed by atoms with Crippen LogP contribution in [0, 0.1) is 6.92 Å². The first-order valence-corrected chi connectivity index (χ1v) is 6.60. The van der Waals surface area contributed by atoms with Crippen LogP contribution in [0.3, 0.4) is 0 Å². The number of rotatable bonds is 6. The lowest BCUT2D eigenvalue weighted by atomic mass is 10.2. The number of benzene rings is 1. The van der Waals surface area contributed by atoms with Crippen molar-refractivity contribution in [2.75, 3.05) is 5.32 Å². The van der Waals surface area contributed by atoms with E-state index in [2.05, 4.69) is 15.5 Å². The van der Waals surface area contributed by atoms with Crippen molar-refractivity contribution < 1.29 is 14.1 Å². The minimum Gasteiger partial charge on any atom is -0.485 e. The van der Waals surface area contributed by atoms with Gasteiger partial charge < -0.3 is 20.3 Å². The van der Waals surface area contributed by atoms with Crippen molar-refractivity contribution in [3.05, 3.63) is 36.0 Å². The van der Waals surface area contributed by atoms with Gasteiger partial charge in [0.15, 0.2) is 6.61 Å². The zero-order valence-corrected chi connectivity index (χ0v) is 12.0. The fourth-order valence-corrected chi connectivity index (χ4v) is 1.69. The fraction of sp³-hybridized carbons (Fsp3) is 0.357. The lowest BCUT2D eigenvalue weighted by molar-refractivity contribution is -0.116. The van der Waals surface area contributed by atoms with E-state index in [1.807, 2.05) is 0 Å². The highest BCUT2D eigenvalue weighted by Gasteiger charge is 2.06. The molecule has 0 fully saturated rings. The van der Waals surface area contributed by atoms with Crippen LogP contribution in [0.2, 0.25) is 0 Å². The van der Waals surface area contributed by atoms with Crippen molar-refractivity contribution in [2.24, 2.45) is 5.73 Å². The average molecular weight is 290 g/mol. The standard InChI is InChI=1S/C14H18N4O3/c1-9(15)7-14(19)17-11-3-5-12(6-4-11)20-8-13-16-10(2)21-18-13/h3-6,9H,7-8,15H2,1-2H3,(H,17,19). The molecule has 0 aliphatic rings. The van der Waals surface area contributed by atoms with Gasteiger partial charge in [-0.2, -0.15) is 4.98 Å². The highest BCUT2D eigenvalue weighted by Crippen LogP contribution is 2.17. The number of carbonyl (C=O) groups is 1. The number of hydrogen-bond acceptors (Lipinski definition) is 6. The van der Waals surface area contributed by atoms with E-state index >= 15 is 0 Å². The lowest BCUT2D eigenvalue weighted by Crippen LogP contribution is -2.23. The van der Waals surface area contributed by atoms with Crippen molar-refractivity contribution in [1.82, 2.24) is 10.1 Å². The maximum absolute atomic E-state index is 11.6. The van der Waals surface area contributed by atoms with Crippen molar-refractivity contribution in [2.45, 2.75) is 32.9 Å². The number of carbonyl (C=O) groups excluding carboxylic acids is 1. The molecule has 0 aliphatic carbocycles. The van der Waals surface area contributed by atoms with Crippen LogP contribution < -0.4 is 15.8 Å². The summed E-state index contributed by atoms with van der Waals surface area (Å²) in [5.41, 5.74) is 6.26. The molecule has 1 amide bonds. The Labute approximate surface area is 122 Å². The number of nitrogens with two attached hydrogens (primary N) is 1. The molecule has 0 spiro atoms.